The molecule has 150 valence electrons. The summed E-state index contributed by atoms with van der Waals surface area (Å²) >= 11 is 6.81. The molecule has 3 rings (SSSR count). The standard InChI is InChI=1S/C20H13ClF4N2OS/c21-13-3-1-12(2-4-13)11-17-19(28)27(15-7-5-14(22)6-8-15)20(26-17)29-10-9-16(23)18(24)25/h1-8,11H,9-10H2/b17-11-. The minimum absolute atomic E-state index is 0.0544. The first-order valence-corrected chi connectivity index (χ1v) is 9.70. The Labute approximate surface area is 173 Å². The molecule has 0 atom stereocenters. The number of anilines is 1. The predicted octanol–water partition coefficient (Wildman–Crippen LogP) is 6.42. The Morgan fingerprint density at radius 2 is 1.72 bits per heavy atom. The molecule has 0 fully saturated rings. The van der Waals surface area contributed by atoms with Crippen LogP contribution in [0.5, 0.6) is 0 Å². The Balaban J connectivity index is 1.89. The van der Waals surface area contributed by atoms with E-state index in [2.05, 4.69) is 4.99 Å². The third-order valence-corrected chi connectivity index (χ3v) is 5.04. The minimum atomic E-state index is -2.37. The van der Waals surface area contributed by atoms with Crippen LogP contribution in [-0.4, -0.2) is 16.8 Å². The molecule has 0 bridgehead atoms. The van der Waals surface area contributed by atoms with Crippen molar-refractivity contribution in [2.75, 3.05) is 10.7 Å². The first kappa shape index (κ1) is 21.1. The Kier molecular flexibility index (Phi) is 6.76. The summed E-state index contributed by atoms with van der Waals surface area (Å²) in [6.45, 7) is 0. The molecule has 0 saturated carbocycles. The van der Waals surface area contributed by atoms with E-state index in [0.29, 0.717) is 16.3 Å². The molecule has 0 saturated heterocycles. The van der Waals surface area contributed by atoms with Gasteiger partial charge in [-0.05, 0) is 48.0 Å². The van der Waals surface area contributed by atoms with Crippen molar-refractivity contribution in [2.24, 2.45) is 4.99 Å². The number of aliphatic imine (C=N–C) groups is 1. The van der Waals surface area contributed by atoms with Crippen LogP contribution in [0.2, 0.25) is 5.02 Å². The zero-order valence-corrected chi connectivity index (χ0v) is 16.3. The number of amides is 1. The molecule has 1 heterocycles. The van der Waals surface area contributed by atoms with E-state index in [-0.39, 0.29) is 16.6 Å². The van der Waals surface area contributed by atoms with E-state index < -0.39 is 30.1 Å². The number of hydrogen-bond donors (Lipinski definition) is 0. The SMILES string of the molecule is O=C1/C(=C/c2ccc(Cl)cc2)N=C(SCCC(F)=C(F)F)N1c1ccc(F)cc1. The third kappa shape index (κ3) is 5.27. The highest BCUT2D eigenvalue weighted by Gasteiger charge is 2.32. The van der Waals surface area contributed by atoms with Gasteiger partial charge in [-0.1, -0.05) is 35.5 Å². The van der Waals surface area contributed by atoms with Crippen molar-refractivity contribution >= 4 is 46.2 Å². The van der Waals surface area contributed by atoms with Gasteiger partial charge in [0.15, 0.2) is 11.0 Å². The number of rotatable bonds is 5. The van der Waals surface area contributed by atoms with Crippen LogP contribution in [0, 0.1) is 5.82 Å². The number of carbonyl (C=O) groups is 1. The number of nitrogens with zero attached hydrogens (tertiary/aromatic N) is 2. The Bertz CT molecular complexity index is 1000. The lowest BCUT2D eigenvalue weighted by molar-refractivity contribution is -0.113. The maximum absolute atomic E-state index is 13.3. The fraction of sp³-hybridized carbons (Fsp3) is 0.100. The molecule has 9 heteroatoms. The molecule has 1 aliphatic heterocycles. The summed E-state index contributed by atoms with van der Waals surface area (Å²) in [6, 6.07) is 11.9. The number of halogens is 5. The average Bonchev–Trinajstić information content (AvgIpc) is 2.99. The molecule has 1 aliphatic rings. The van der Waals surface area contributed by atoms with Crippen LogP contribution in [0.15, 0.2) is 71.1 Å². The van der Waals surface area contributed by atoms with Crippen LogP contribution in [-0.2, 0) is 4.79 Å². The summed E-state index contributed by atoms with van der Waals surface area (Å²) in [5.41, 5.74) is 1.14. The van der Waals surface area contributed by atoms with Crippen molar-refractivity contribution in [3.63, 3.8) is 0 Å². The topological polar surface area (TPSA) is 32.7 Å². The van der Waals surface area contributed by atoms with Crippen LogP contribution in [0.4, 0.5) is 23.2 Å². The fourth-order valence-electron chi connectivity index (χ4n) is 2.45. The summed E-state index contributed by atoms with van der Waals surface area (Å²) in [4.78, 5) is 18.4. The number of hydrogen-bond acceptors (Lipinski definition) is 3. The van der Waals surface area contributed by atoms with E-state index in [9.17, 15) is 22.4 Å². The predicted molar refractivity (Wildman–Crippen MR) is 108 cm³/mol. The van der Waals surface area contributed by atoms with Crippen LogP contribution in [0.1, 0.15) is 12.0 Å². The van der Waals surface area contributed by atoms with E-state index in [1.807, 2.05) is 0 Å². The van der Waals surface area contributed by atoms with Crippen molar-refractivity contribution in [3.8, 4) is 0 Å². The monoisotopic (exact) mass is 440 g/mol. The fourth-order valence-corrected chi connectivity index (χ4v) is 3.52. The van der Waals surface area contributed by atoms with Gasteiger partial charge in [-0.15, -0.1) is 0 Å². The van der Waals surface area contributed by atoms with Gasteiger partial charge in [-0.25, -0.2) is 13.8 Å². The average molecular weight is 441 g/mol. The molecule has 29 heavy (non-hydrogen) atoms. The second-order valence-corrected chi connectivity index (χ2v) is 7.35. The van der Waals surface area contributed by atoms with Crippen LogP contribution < -0.4 is 4.90 Å². The van der Waals surface area contributed by atoms with Gasteiger partial charge in [0.05, 0.1) is 5.69 Å². The van der Waals surface area contributed by atoms with Crippen LogP contribution in [0.3, 0.4) is 0 Å². The van der Waals surface area contributed by atoms with Gasteiger partial charge in [0.1, 0.15) is 11.5 Å². The summed E-state index contributed by atoms with van der Waals surface area (Å²) in [5.74, 6) is -2.51. The first-order valence-electron chi connectivity index (χ1n) is 8.33. The maximum atomic E-state index is 13.3. The van der Waals surface area contributed by atoms with Crippen molar-refractivity contribution in [3.05, 3.63) is 82.5 Å². The zero-order valence-electron chi connectivity index (χ0n) is 14.7. The molecule has 1 amide bonds. The van der Waals surface area contributed by atoms with Gasteiger partial charge in [-0.2, -0.15) is 8.78 Å². The summed E-state index contributed by atoms with van der Waals surface area (Å²) < 4.78 is 50.8. The summed E-state index contributed by atoms with van der Waals surface area (Å²) in [6.07, 6.45) is -1.33. The Morgan fingerprint density at radius 3 is 2.34 bits per heavy atom. The lowest BCUT2D eigenvalue weighted by atomic mass is 10.2. The zero-order chi connectivity index (χ0) is 21.0. The number of allylic oxidation sites excluding steroid dienone is 1. The van der Waals surface area contributed by atoms with Crippen molar-refractivity contribution in [1.29, 1.82) is 0 Å². The number of benzene rings is 2. The van der Waals surface area contributed by atoms with E-state index in [0.717, 1.165) is 11.8 Å². The first-order chi connectivity index (χ1) is 13.8. The summed E-state index contributed by atoms with van der Waals surface area (Å²) in [5, 5.41) is 0.724. The van der Waals surface area contributed by atoms with E-state index in [1.165, 1.54) is 29.2 Å². The lowest BCUT2D eigenvalue weighted by Crippen LogP contribution is -2.30. The van der Waals surface area contributed by atoms with Gasteiger partial charge in [0.25, 0.3) is 5.91 Å². The molecule has 0 N–H and O–H groups in total. The van der Waals surface area contributed by atoms with Crippen molar-refractivity contribution in [2.45, 2.75) is 6.42 Å². The van der Waals surface area contributed by atoms with Crippen molar-refractivity contribution < 1.29 is 22.4 Å². The lowest BCUT2D eigenvalue weighted by Gasteiger charge is -2.17. The highest BCUT2D eigenvalue weighted by molar-refractivity contribution is 8.14. The number of amidine groups is 1. The number of thioether (sulfide) groups is 1. The third-order valence-electron chi connectivity index (χ3n) is 3.85. The molecule has 0 radical (unpaired) electrons. The normalized spacial score (nSPS) is 15.1. The number of carbonyl (C=O) groups excluding carboxylic acids is 1. The second kappa shape index (κ2) is 9.28. The molecule has 2 aromatic carbocycles. The van der Waals surface area contributed by atoms with Gasteiger partial charge >= 0.3 is 6.08 Å². The Morgan fingerprint density at radius 1 is 1.07 bits per heavy atom. The Hall–Kier alpha value is -2.58. The smallest absolute Gasteiger partial charge is 0.266 e. The van der Waals surface area contributed by atoms with E-state index in [4.69, 9.17) is 11.6 Å². The minimum Gasteiger partial charge on any atom is -0.266 e. The molecule has 0 aromatic heterocycles. The molecule has 0 unspecified atom stereocenters. The van der Waals surface area contributed by atoms with Gasteiger partial charge in [0, 0.05) is 17.2 Å². The van der Waals surface area contributed by atoms with Crippen molar-refractivity contribution in [1.82, 2.24) is 0 Å². The second-order valence-electron chi connectivity index (χ2n) is 5.86. The molecular weight excluding hydrogens is 428 g/mol. The summed E-state index contributed by atoms with van der Waals surface area (Å²) in [7, 11) is 0. The molecular formula is C20H13ClF4N2OS. The molecule has 0 spiro atoms. The van der Waals surface area contributed by atoms with Gasteiger partial charge in [0.2, 0.25) is 0 Å². The van der Waals surface area contributed by atoms with Crippen LogP contribution in [0.25, 0.3) is 6.08 Å². The molecule has 2 aromatic rings. The highest BCUT2D eigenvalue weighted by atomic mass is 35.5. The maximum Gasteiger partial charge on any atom is 0.301 e. The van der Waals surface area contributed by atoms with Gasteiger partial charge < -0.3 is 0 Å². The van der Waals surface area contributed by atoms with Crippen LogP contribution >= 0.6 is 23.4 Å². The van der Waals surface area contributed by atoms with E-state index in [1.54, 1.807) is 30.3 Å². The largest absolute Gasteiger partial charge is 0.301 e. The van der Waals surface area contributed by atoms with Gasteiger partial charge in [-0.3, -0.25) is 9.69 Å². The quantitative estimate of drug-likeness (QED) is 0.397. The molecule has 3 nitrogen and oxygen atoms in total. The molecule has 0 aliphatic carbocycles. The highest BCUT2D eigenvalue weighted by Crippen LogP contribution is 2.30. The van der Waals surface area contributed by atoms with E-state index >= 15 is 0 Å².